The number of aryl methyl sites for hydroxylation is 1. The summed E-state index contributed by atoms with van der Waals surface area (Å²) < 4.78 is 9.72. The zero-order valence-electron chi connectivity index (χ0n) is 9.51. The maximum absolute atomic E-state index is 12.0. The topological polar surface area (TPSA) is 65.5 Å². The summed E-state index contributed by atoms with van der Waals surface area (Å²) >= 11 is 0. The third-order valence-electron chi connectivity index (χ3n) is 2.77. The predicted molar refractivity (Wildman–Crippen MR) is 58.6 cm³/mol. The van der Waals surface area contributed by atoms with Crippen LogP contribution in [0, 0.1) is 0 Å². The average molecular weight is 235 g/mol. The zero-order chi connectivity index (χ0) is 12.3. The number of hydrogen-bond donors (Lipinski definition) is 0. The van der Waals surface area contributed by atoms with Crippen LogP contribution >= 0.6 is 0 Å². The van der Waals surface area contributed by atoms with Gasteiger partial charge in [-0.05, 0) is 24.5 Å². The van der Waals surface area contributed by atoms with Gasteiger partial charge in [-0.2, -0.15) is 0 Å². The number of esters is 1. The van der Waals surface area contributed by atoms with Crippen LogP contribution in [0.5, 0.6) is 0 Å². The van der Waals surface area contributed by atoms with E-state index in [0.717, 1.165) is 12.0 Å². The summed E-state index contributed by atoms with van der Waals surface area (Å²) in [5, 5.41) is 0. The quantitative estimate of drug-likeness (QED) is 0.724. The lowest BCUT2D eigenvalue weighted by atomic mass is 9.90. The number of ketones is 1. The molecule has 1 atom stereocenters. The molecule has 1 heterocycles. The van der Waals surface area contributed by atoms with E-state index in [-0.39, 0.29) is 12.4 Å². The van der Waals surface area contributed by atoms with Gasteiger partial charge in [0, 0.05) is 18.0 Å². The van der Waals surface area contributed by atoms with Crippen molar-refractivity contribution in [2.45, 2.75) is 18.9 Å². The van der Waals surface area contributed by atoms with Gasteiger partial charge in [-0.3, -0.25) is 9.78 Å². The number of carbonyl (C=O) groups excluding carboxylic acids is 2. The highest BCUT2D eigenvalue weighted by Crippen LogP contribution is 2.22. The Morgan fingerprint density at radius 2 is 2.41 bits per heavy atom. The molecule has 2 rings (SSSR count). The van der Waals surface area contributed by atoms with E-state index < -0.39 is 12.1 Å². The maximum atomic E-state index is 12.0. The number of fused-ring (bicyclic) bond motifs is 1. The highest BCUT2D eigenvalue weighted by molar-refractivity contribution is 6.01. The van der Waals surface area contributed by atoms with Crippen LogP contribution in [0.1, 0.15) is 22.3 Å². The number of Topliss-reactive ketones (excluding diaryl/α,β-unsaturated/α-hetero) is 1. The first-order chi connectivity index (χ1) is 8.22. The van der Waals surface area contributed by atoms with Crippen LogP contribution < -0.4 is 0 Å². The Bertz CT molecular complexity index is 444. The lowest BCUT2D eigenvalue weighted by Crippen LogP contribution is -2.32. The maximum Gasteiger partial charge on any atom is 0.331 e. The molecule has 0 aromatic carbocycles. The first kappa shape index (κ1) is 11.7. The lowest BCUT2D eigenvalue weighted by Gasteiger charge is -2.22. The summed E-state index contributed by atoms with van der Waals surface area (Å²) in [6, 6.07) is 1.69. The first-order valence-corrected chi connectivity index (χ1v) is 5.38. The normalized spacial score (nSPS) is 18.6. The molecule has 17 heavy (non-hydrogen) atoms. The Labute approximate surface area is 98.7 Å². The van der Waals surface area contributed by atoms with E-state index in [0.29, 0.717) is 12.0 Å². The van der Waals surface area contributed by atoms with Gasteiger partial charge in [0.25, 0.3) is 0 Å². The summed E-state index contributed by atoms with van der Waals surface area (Å²) in [6.07, 6.45) is 4.04. The van der Waals surface area contributed by atoms with Crippen LogP contribution in [0.2, 0.25) is 0 Å². The molecule has 1 aliphatic carbocycles. The van der Waals surface area contributed by atoms with E-state index in [2.05, 4.69) is 9.72 Å². The number of methoxy groups -OCH3 is 1. The van der Waals surface area contributed by atoms with Gasteiger partial charge in [0.15, 0.2) is 5.78 Å². The molecule has 0 aliphatic heterocycles. The van der Waals surface area contributed by atoms with Gasteiger partial charge in [-0.25, -0.2) is 4.79 Å². The van der Waals surface area contributed by atoms with Crippen LogP contribution in [0.4, 0.5) is 0 Å². The highest BCUT2D eigenvalue weighted by Gasteiger charge is 2.28. The molecule has 0 fully saturated rings. The second-order valence-electron chi connectivity index (χ2n) is 3.81. The molecule has 0 amide bonds. The van der Waals surface area contributed by atoms with Crippen molar-refractivity contribution in [3.63, 3.8) is 0 Å². The summed E-state index contributed by atoms with van der Waals surface area (Å²) in [4.78, 5) is 26.9. The van der Waals surface area contributed by atoms with E-state index in [1.54, 1.807) is 18.5 Å². The second-order valence-corrected chi connectivity index (χ2v) is 3.81. The van der Waals surface area contributed by atoms with Gasteiger partial charge in [-0.15, -0.1) is 0 Å². The minimum Gasteiger partial charge on any atom is -0.467 e. The fourth-order valence-electron chi connectivity index (χ4n) is 1.84. The van der Waals surface area contributed by atoms with Crippen molar-refractivity contribution in [2.24, 2.45) is 0 Å². The van der Waals surface area contributed by atoms with Crippen LogP contribution in [0.15, 0.2) is 18.5 Å². The van der Waals surface area contributed by atoms with Gasteiger partial charge in [0.1, 0.15) is 12.7 Å². The molecule has 90 valence electrons. The third kappa shape index (κ3) is 2.50. The molecule has 1 aromatic rings. The fraction of sp³-hybridized carbons (Fsp3) is 0.417. The predicted octanol–water partition coefficient (Wildman–Crippen LogP) is 0.769. The van der Waals surface area contributed by atoms with E-state index in [1.165, 1.54) is 7.11 Å². The summed E-state index contributed by atoms with van der Waals surface area (Å²) in [7, 11) is 1.29. The van der Waals surface area contributed by atoms with Gasteiger partial charge in [0.2, 0.25) is 0 Å². The summed E-state index contributed by atoms with van der Waals surface area (Å²) in [5.74, 6) is -0.559. The number of aromatic nitrogens is 1. The molecule has 0 spiro atoms. The van der Waals surface area contributed by atoms with Crippen molar-refractivity contribution in [2.75, 3.05) is 13.7 Å². The Kier molecular flexibility index (Phi) is 3.49. The van der Waals surface area contributed by atoms with Gasteiger partial charge < -0.3 is 9.47 Å². The van der Waals surface area contributed by atoms with E-state index in [9.17, 15) is 9.59 Å². The zero-order valence-corrected chi connectivity index (χ0v) is 9.51. The number of rotatable bonds is 3. The molecule has 5 heteroatoms. The molecule has 0 saturated heterocycles. The van der Waals surface area contributed by atoms with E-state index in [4.69, 9.17) is 4.74 Å². The lowest BCUT2D eigenvalue weighted by molar-refractivity contribution is -0.147. The molecular formula is C12H13NO4. The Hall–Kier alpha value is -1.75. The van der Waals surface area contributed by atoms with Crippen molar-refractivity contribution in [1.82, 2.24) is 4.98 Å². The molecule has 5 nitrogen and oxygen atoms in total. The Morgan fingerprint density at radius 3 is 3.18 bits per heavy atom. The standard InChI is InChI=1S/C12H13NO4/c1-16-11(14)7-17-10-3-2-8-6-13-5-4-9(8)12(10)15/h4-6,10H,2-3,7H2,1H3. The SMILES string of the molecule is COC(=O)COC1CCc2cnccc2C1=O. The van der Waals surface area contributed by atoms with Crippen molar-refractivity contribution < 1.29 is 19.1 Å². The number of carbonyl (C=O) groups is 2. The minimum absolute atomic E-state index is 0.0856. The number of hydrogen-bond acceptors (Lipinski definition) is 5. The van der Waals surface area contributed by atoms with Crippen LogP contribution in [-0.4, -0.2) is 36.6 Å². The molecule has 1 aliphatic rings. The molecule has 0 N–H and O–H groups in total. The highest BCUT2D eigenvalue weighted by atomic mass is 16.6. The monoisotopic (exact) mass is 235 g/mol. The fourth-order valence-corrected chi connectivity index (χ4v) is 1.84. The van der Waals surface area contributed by atoms with E-state index >= 15 is 0 Å². The molecule has 0 saturated carbocycles. The van der Waals surface area contributed by atoms with Crippen molar-refractivity contribution >= 4 is 11.8 Å². The first-order valence-electron chi connectivity index (χ1n) is 5.38. The largest absolute Gasteiger partial charge is 0.467 e. The van der Waals surface area contributed by atoms with Crippen molar-refractivity contribution in [1.29, 1.82) is 0 Å². The second kappa shape index (κ2) is 5.05. The average Bonchev–Trinajstić information content (AvgIpc) is 2.38. The Balaban J connectivity index is 2.05. The van der Waals surface area contributed by atoms with Gasteiger partial charge in [-0.1, -0.05) is 0 Å². The third-order valence-corrected chi connectivity index (χ3v) is 2.77. The Morgan fingerprint density at radius 1 is 1.59 bits per heavy atom. The van der Waals surface area contributed by atoms with Crippen LogP contribution in [-0.2, 0) is 20.7 Å². The molecule has 1 aromatic heterocycles. The summed E-state index contributed by atoms with van der Waals surface area (Å²) in [6.45, 7) is -0.187. The van der Waals surface area contributed by atoms with Crippen molar-refractivity contribution in [3.8, 4) is 0 Å². The summed E-state index contributed by atoms with van der Waals surface area (Å²) in [5.41, 5.74) is 1.58. The molecule has 0 bridgehead atoms. The van der Waals surface area contributed by atoms with Gasteiger partial charge >= 0.3 is 5.97 Å². The molecule has 0 radical (unpaired) electrons. The molecule has 1 unspecified atom stereocenters. The minimum atomic E-state index is -0.552. The number of pyridine rings is 1. The van der Waals surface area contributed by atoms with Crippen LogP contribution in [0.25, 0.3) is 0 Å². The van der Waals surface area contributed by atoms with Crippen LogP contribution in [0.3, 0.4) is 0 Å². The van der Waals surface area contributed by atoms with Crippen molar-refractivity contribution in [3.05, 3.63) is 29.6 Å². The number of nitrogens with zero attached hydrogens (tertiary/aromatic N) is 1. The van der Waals surface area contributed by atoms with E-state index in [1.807, 2.05) is 0 Å². The molecular weight excluding hydrogens is 222 g/mol. The number of ether oxygens (including phenoxy) is 2. The smallest absolute Gasteiger partial charge is 0.331 e. The van der Waals surface area contributed by atoms with Gasteiger partial charge in [0.05, 0.1) is 7.11 Å².